The number of ether oxygens (including phenoxy) is 6. The Bertz CT molecular complexity index is 2250. The summed E-state index contributed by atoms with van der Waals surface area (Å²) in [5, 5.41) is 121. The van der Waals surface area contributed by atoms with Crippen molar-refractivity contribution in [3.63, 3.8) is 0 Å². The molecule has 0 aromatic rings. The zero-order valence-corrected chi connectivity index (χ0v) is 62.1. The Hall–Kier alpha value is -3.55. The zero-order chi connectivity index (χ0) is 73.2. The summed E-state index contributed by atoms with van der Waals surface area (Å²) in [4.78, 5) is 13.4. The Labute approximate surface area is 608 Å². The first kappa shape index (κ1) is 91.7. The summed E-state index contributed by atoms with van der Waals surface area (Å²) in [5.41, 5.74) is 0. The fourth-order valence-corrected chi connectivity index (χ4v) is 12.7. The molecule has 3 aliphatic heterocycles. The Morgan fingerprint density at radius 1 is 0.366 bits per heavy atom. The molecule has 3 saturated heterocycles. The number of carbonyl (C=O) groups excluding carboxylic acids is 1. The highest BCUT2D eigenvalue weighted by molar-refractivity contribution is 5.76. The highest BCUT2D eigenvalue weighted by Crippen LogP contribution is 2.33. The SMILES string of the molecule is CC/C=C\C/C=C\C/C=C\C/C=C\C/C=C\C/C=C\C/C=C\CCCCCCCCCCCCCCCCCCCCCC(=O)NC(COC1OC(CO)C(OC2OC(CO)C(OC3OC(CO)C(O)C(O)C3O)C(O)C2O)C(O)C1O)C(O)/C=C/CC/C=C/CCCCCCCCCCC. The summed E-state index contributed by atoms with van der Waals surface area (Å²) in [5.74, 6) is -0.286. The van der Waals surface area contributed by atoms with Crippen LogP contribution in [0.5, 0.6) is 0 Å². The molecule has 0 saturated carbocycles. The maximum Gasteiger partial charge on any atom is 0.220 e. The van der Waals surface area contributed by atoms with Crippen molar-refractivity contribution < 1.29 is 89.4 Å². The monoisotopic (exact) mass is 1430 g/mol. The molecule has 0 spiro atoms. The average Bonchev–Trinajstić information content (AvgIpc) is 0.782. The Kier molecular flexibility index (Phi) is 55.9. The van der Waals surface area contributed by atoms with Gasteiger partial charge in [0.2, 0.25) is 5.91 Å². The third-order valence-electron chi connectivity index (χ3n) is 19.1. The van der Waals surface area contributed by atoms with Gasteiger partial charge in [0.05, 0.1) is 38.6 Å². The lowest BCUT2D eigenvalue weighted by Gasteiger charge is -2.48. The van der Waals surface area contributed by atoms with Gasteiger partial charge in [-0.15, -0.1) is 0 Å². The maximum atomic E-state index is 13.4. The normalized spacial score (nSPS) is 26.9. The van der Waals surface area contributed by atoms with Crippen molar-refractivity contribution in [3.05, 3.63) is 109 Å². The molecule has 582 valence electrons. The minimum absolute atomic E-state index is 0.233. The van der Waals surface area contributed by atoms with Gasteiger partial charge in [0.15, 0.2) is 18.9 Å². The summed E-state index contributed by atoms with van der Waals surface area (Å²) >= 11 is 0. The largest absolute Gasteiger partial charge is 0.394 e. The molecular weight excluding hydrogens is 1290 g/mol. The average molecular weight is 1430 g/mol. The molecule has 12 N–H and O–H groups in total. The highest BCUT2D eigenvalue weighted by atomic mass is 16.8. The molecule has 19 nitrogen and oxygen atoms in total. The minimum atomic E-state index is -1.98. The topological polar surface area (TPSA) is 307 Å². The molecule has 0 aromatic heterocycles. The zero-order valence-electron chi connectivity index (χ0n) is 62.1. The van der Waals surface area contributed by atoms with Gasteiger partial charge in [-0.1, -0.05) is 284 Å². The molecule has 17 atom stereocenters. The lowest BCUT2D eigenvalue weighted by atomic mass is 9.96. The van der Waals surface area contributed by atoms with Gasteiger partial charge in [-0.25, -0.2) is 0 Å². The summed E-state index contributed by atoms with van der Waals surface area (Å²) in [6, 6.07) is -0.994. The third-order valence-corrected chi connectivity index (χ3v) is 19.1. The first-order chi connectivity index (χ1) is 49.3. The summed E-state index contributed by atoms with van der Waals surface area (Å²) < 4.78 is 34.4. The number of aliphatic hydroxyl groups is 11. The van der Waals surface area contributed by atoms with Crippen LogP contribution in [0.2, 0.25) is 0 Å². The van der Waals surface area contributed by atoms with E-state index in [1.54, 1.807) is 6.08 Å². The molecule has 3 rings (SSSR count). The van der Waals surface area contributed by atoms with Gasteiger partial charge in [-0.05, 0) is 89.9 Å². The quantitative estimate of drug-likeness (QED) is 0.0199. The predicted octanol–water partition coefficient (Wildman–Crippen LogP) is 12.9. The van der Waals surface area contributed by atoms with Gasteiger partial charge in [0.1, 0.15) is 73.2 Å². The molecule has 0 bridgehead atoms. The van der Waals surface area contributed by atoms with Crippen LogP contribution in [0, 0.1) is 0 Å². The number of carbonyl (C=O) groups is 1. The second-order valence-electron chi connectivity index (χ2n) is 27.8. The summed E-state index contributed by atoms with van der Waals surface area (Å²) in [7, 11) is 0. The number of nitrogens with one attached hydrogen (secondary N) is 1. The second-order valence-corrected chi connectivity index (χ2v) is 27.8. The first-order valence-electron chi connectivity index (χ1n) is 39.6. The minimum Gasteiger partial charge on any atom is -0.394 e. The van der Waals surface area contributed by atoms with E-state index in [-0.39, 0.29) is 18.9 Å². The van der Waals surface area contributed by atoms with Gasteiger partial charge in [-0.3, -0.25) is 4.79 Å². The second kappa shape index (κ2) is 61.6. The maximum absolute atomic E-state index is 13.4. The van der Waals surface area contributed by atoms with Gasteiger partial charge in [-0.2, -0.15) is 0 Å². The van der Waals surface area contributed by atoms with Crippen LogP contribution in [0.3, 0.4) is 0 Å². The lowest BCUT2D eigenvalue weighted by Crippen LogP contribution is -2.66. The van der Waals surface area contributed by atoms with Crippen molar-refractivity contribution in [2.24, 2.45) is 0 Å². The molecule has 0 radical (unpaired) electrons. The number of amides is 1. The van der Waals surface area contributed by atoms with Crippen LogP contribution in [0.1, 0.15) is 271 Å². The van der Waals surface area contributed by atoms with Crippen molar-refractivity contribution in [1.29, 1.82) is 0 Å². The van der Waals surface area contributed by atoms with Crippen molar-refractivity contribution in [1.82, 2.24) is 5.32 Å². The number of aliphatic hydroxyl groups excluding tert-OH is 11. The molecule has 0 aromatic carbocycles. The lowest BCUT2D eigenvalue weighted by molar-refractivity contribution is -0.379. The van der Waals surface area contributed by atoms with Crippen molar-refractivity contribution in [2.75, 3.05) is 26.4 Å². The third kappa shape index (κ3) is 41.8. The molecule has 1 amide bonds. The molecule has 3 fully saturated rings. The van der Waals surface area contributed by atoms with Gasteiger partial charge >= 0.3 is 0 Å². The van der Waals surface area contributed by atoms with E-state index in [9.17, 15) is 61.0 Å². The molecule has 0 aliphatic carbocycles. The van der Waals surface area contributed by atoms with E-state index in [0.29, 0.717) is 12.8 Å². The number of unbranched alkanes of at least 4 members (excludes halogenated alkanes) is 29. The Morgan fingerprint density at radius 2 is 0.693 bits per heavy atom. The summed E-state index contributed by atoms with van der Waals surface area (Å²) in [6.07, 6.45) is 58.1. The van der Waals surface area contributed by atoms with Crippen molar-refractivity contribution in [2.45, 2.75) is 375 Å². The summed E-state index contributed by atoms with van der Waals surface area (Å²) in [6.45, 7) is 1.60. The standard InChI is InChI=1S/C82H141NO18/c1-3-5-7-9-11-13-15-17-19-20-21-22-23-24-25-26-27-28-29-30-31-32-33-34-35-36-37-38-39-40-41-42-43-44-46-48-50-52-54-56-58-60-70(88)83-65(66(87)59-57-55-53-51-49-47-45-18-16-14-12-10-8-6-4-2)64-96-80-76(94)73(91)78(68(62-85)98-80)101-82-77(95)74(92)79(69(63-86)99-82)100-81-75(93)72(90)71(89)67(61-84)97-81/h5,7,11,13,17,19,21-22,24-25,27-28,30-31,49,51,57,59,65-69,71-82,84-87,89-95H,3-4,6,8-10,12,14-16,18,20,23,26,29,32-48,50,52-56,58,60-64H2,1-2H3,(H,83,88)/b7-5-,13-11-,19-17-,22-21-,25-24-,28-27-,31-30-,51-49+,59-57+. The van der Waals surface area contributed by atoms with Crippen LogP contribution in [0.15, 0.2) is 109 Å². The molecule has 3 heterocycles. The number of allylic oxidation sites excluding steroid dienone is 17. The van der Waals surface area contributed by atoms with Crippen LogP contribution in [0.25, 0.3) is 0 Å². The van der Waals surface area contributed by atoms with E-state index >= 15 is 0 Å². The molecule has 101 heavy (non-hydrogen) atoms. The molecule has 17 unspecified atom stereocenters. The fourth-order valence-electron chi connectivity index (χ4n) is 12.7. The molecule has 3 aliphatic rings. The number of rotatable bonds is 61. The van der Waals surface area contributed by atoms with Crippen LogP contribution in [-0.2, 0) is 33.2 Å². The smallest absolute Gasteiger partial charge is 0.220 e. The van der Waals surface area contributed by atoms with Crippen molar-refractivity contribution in [3.8, 4) is 0 Å². The van der Waals surface area contributed by atoms with Crippen LogP contribution >= 0.6 is 0 Å². The number of hydrogen-bond acceptors (Lipinski definition) is 18. The van der Waals surface area contributed by atoms with E-state index in [1.807, 2.05) is 6.08 Å². The van der Waals surface area contributed by atoms with E-state index in [1.165, 1.54) is 154 Å². The fraction of sp³-hybridized carbons (Fsp3) is 0.768. The Morgan fingerprint density at radius 3 is 1.11 bits per heavy atom. The van der Waals surface area contributed by atoms with E-state index in [4.69, 9.17) is 28.4 Å². The first-order valence-corrected chi connectivity index (χ1v) is 39.6. The van der Waals surface area contributed by atoms with Crippen LogP contribution < -0.4 is 5.32 Å². The predicted molar refractivity (Wildman–Crippen MR) is 401 cm³/mol. The van der Waals surface area contributed by atoms with Crippen molar-refractivity contribution >= 4 is 5.91 Å². The van der Waals surface area contributed by atoms with E-state index in [2.05, 4.69) is 116 Å². The van der Waals surface area contributed by atoms with E-state index < -0.39 is 124 Å². The van der Waals surface area contributed by atoms with Gasteiger partial charge in [0, 0.05) is 6.42 Å². The molecular formula is C82H141NO18. The van der Waals surface area contributed by atoms with Crippen LogP contribution in [0.4, 0.5) is 0 Å². The van der Waals surface area contributed by atoms with Gasteiger partial charge in [0.25, 0.3) is 0 Å². The highest BCUT2D eigenvalue weighted by Gasteiger charge is 2.53. The van der Waals surface area contributed by atoms with Crippen LogP contribution in [-0.4, -0.2) is 193 Å². The van der Waals surface area contributed by atoms with E-state index in [0.717, 1.165) is 83.5 Å². The molecule has 19 heteroatoms. The number of hydrogen-bond donors (Lipinski definition) is 12. The van der Waals surface area contributed by atoms with Gasteiger partial charge < -0.3 is 89.9 Å². The Balaban J connectivity index is 1.30.